The maximum absolute atomic E-state index is 13.1. The van der Waals surface area contributed by atoms with Gasteiger partial charge >= 0.3 is 5.97 Å². The Labute approximate surface area is 206 Å². The maximum atomic E-state index is 13.1. The molecule has 1 N–H and O–H groups in total. The summed E-state index contributed by atoms with van der Waals surface area (Å²) >= 11 is 0. The van der Waals surface area contributed by atoms with Crippen LogP contribution in [-0.4, -0.2) is 55.3 Å². The molecule has 2 aromatic rings. The summed E-state index contributed by atoms with van der Waals surface area (Å²) in [6.45, 7) is 8.50. The van der Waals surface area contributed by atoms with E-state index in [0.29, 0.717) is 12.2 Å². The van der Waals surface area contributed by atoms with Gasteiger partial charge in [-0.05, 0) is 25.3 Å². The van der Waals surface area contributed by atoms with E-state index in [1.807, 2.05) is 25.1 Å². The number of aldehydes is 1. The average molecular weight is 487 g/mol. The molecule has 0 saturated carbocycles. The van der Waals surface area contributed by atoms with Crippen LogP contribution in [0.1, 0.15) is 56.6 Å². The number of rotatable bonds is 13. The second-order valence-electron chi connectivity index (χ2n) is 8.78. The van der Waals surface area contributed by atoms with Gasteiger partial charge in [-0.15, -0.1) is 0 Å². The monoisotopic (exact) mass is 486 g/mol. The van der Waals surface area contributed by atoms with Gasteiger partial charge in [0.05, 0.1) is 19.8 Å². The van der Waals surface area contributed by atoms with E-state index in [4.69, 9.17) is 18.9 Å². The molecule has 0 aliphatic heterocycles. The Hall–Kier alpha value is -3.46. The molecule has 0 bridgehead atoms. The molecule has 0 spiro atoms. The summed E-state index contributed by atoms with van der Waals surface area (Å²) in [6.07, 6.45) is 1.78. The number of nitrogens with one attached hydrogen (secondary N) is 1. The highest BCUT2D eigenvalue weighted by atomic mass is 16.7. The Kier molecular flexibility index (Phi) is 10.2. The largest absolute Gasteiger partial charge is 0.493 e. The number of carbonyl (C=O) groups excluding carboxylic acids is 3. The molecule has 0 aliphatic rings. The quantitative estimate of drug-likeness (QED) is 0.260. The zero-order valence-corrected chi connectivity index (χ0v) is 21.1. The molecule has 1 heterocycles. The van der Waals surface area contributed by atoms with Crippen LogP contribution >= 0.6 is 0 Å². The number of esters is 1. The van der Waals surface area contributed by atoms with Crippen LogP contribution in [0.4, 0.5) is 0 Å². The molecule has 0 aliphatic carbocycles. The molecule has 3 atom stereocenters. The number of methoxy groups -OCH3 is 1. The van der Waals surface area contributed by atoms with Crippen molar-refractivity contribution in [3.63, 3.8) is 0 Å². The topological polar surface area (TPSA) is 113 Å². The number of benzene rings is 1. The summed E-state index contributed by atoms with van der Waals surface area (Å²) in [5.74, 6) is -0.616. The Morgan fingerprint density at radius 1 is 1.14 bits per heavy atom. The zero-order chi connectivity index (χ0) is 26.0. The van der Waals surface area contributed by atoms with Crippen molar-refractivity contribution in [2.75, 3.05) is 20.5 Å². The number of hydrogen-bond acceptors (Lipinski definition) is 8. The summed E-state index contributed by atoms with van der Waals surface area (Å²) < 4.78 is 21.6. The summed E-state index contributed by atoms with van der Waals surface area (Å²) in [5, 5.41) is 2.68. The van der Waals surface area contributed by atoms with Crippen molar-refractivity contribution < 1.29 is 33.3 Å². The van der Waals surface area contributed by atoms with Crippen LogP contribution in [0.3, 0.4) is 0 Å². The molecule has 2 rings (SSSR count). The average Bonchev–Trinajstić information content (AvgIpc) is 2.83. The van der Waals surface area contributed by atoms with Gasteiger partial charge < -0.3 is 29.1 Å². The first-order valence-electron chi connectivity index (χ1n) is 11.4. The van der Waals surface area contributed by atoms with Gasteiger partial charge in [-0.2, -0.15) is 0 Å². The molecule has 0 saturated heterocycles. The van der Waals surface area contributed by atoms with Gasteiger partial charge in [0.15, 0.2) is 17.2 Å². The third-order valence-corrected chi connectivity index (χ3v) is 5.48. The second-order valence-corrected chi connectivity index (χ2v) is 8.78. The lowest BCUT2D eigenvalue weighted by Crippen LogP contribution is -2.52. The van der Waals surface area contributed by atoms with Crippen molar-refractivity contribution in [1.29, 1.82) is 0 Å². The second kappa shape index (κ2) is 12.9. The van der Waals surface area contributed by atoms with E-state index in [0.717, 1.165) is 5.56 Å². The van der Waals surface area contributed by atoms with Crippen LogP contribution in [0.25, 0.3) is 0 Å². The van der Waals surface area contributed by atoms with E-state index in [9.17, 15) is 14.4 Å². The summed E-state index contributed by atoms with van der Waals surface area (Å²) in [4.78, 5) is 40.2. The highest BCUT2D eigenvalue weighted by Gasteiger charge is 2.32. The van der Waals surface area contributed by atoms with Crippen LogP contribution < -0.4 is 14.8 Å². The molecule has 0 radical (unpaired) electrons. The predicted octanol–water partition coefficient (Wildman–Crippen LogP) is 3.52. The molecule has 35 heavy (non-hydrogen) atoms. The van der Waals surface area contributed by atoms with E-state index < -0.39 is 24.2 Å². The van der Waals surface area contributed by atoms with Crippen molar-refractivity contribution >= 4 is 18.2 Å². The molecule has 9 heteroatoms. The number of amides is 1. The zero-order valence-electron chi connectivity index (χ0n) is 21.1. The molecule has 0 fully saturated rings. The van der Waals surface area contributed by atoms with Crippen LogP contribution in [0.15, 0.2) is 42.6 Å². The van der Waals surface area contributed by atoms with Crippen molar-refractivity contribution in [2.45, 2.75) is 52.2 Å². The summed E-state index contributed by atoms with van der Waals surface area (Å²) in [6, 6.07) is 11.5. The number of pyridine rings is 1. The Balaban J connectivity index is 2.16. The Morgan fingerprint density at radius 2 is 1.83 bits per heavy atom. The first-order valence-corrected chi connectivity index (χ1v) is 11.4. The predicted molar refractivity (Wildman–Crippen MR) is 129 cm³/mol. The molecule has 1 aromatic heterocycles. The lowest BCUT2D eigenvalue weighted by atomic mass is 9.84. The van der Waals surface area contributed by atoms with E-state index in [1.165, 1.54) is 26.3 Å². The van der Waals surface area contributed by atoms with Crippen molar-refractivity contribution in [2.24, 2.45) is 5.92 Å². The van der Waals surface area contributed by atoms with Crippen molar-refractivity contribution in [1.82, 2.24) is 10.3 Å². The van der Waals surface area contributed by atoms with Gasteiger partial charge in [0.25, 0.3) is 5.91 Å². The van der Waals surface area contributed by atoms with Crippen molar-refractivity contribution in [3.05, 3.63) is 53.9 Å². The van der Waals surface area contributed by atoms with Gasteiger partial charge in [-0.25, -0.2) is 4.98 Å². The van der Waals surface area contributed by atoms with E-state index in [2.05, 4.69) is 36.3 Å². The van der Waals surface area contributed by atoms with E-state index >= 15 is 0 Å². The third kappa shape index (κ3) is 7.78. The van der Waals surface area contributed by atoms with Gasteiger partial charge in [0.2, 0.25) is 6.79 Å². The fourth-order valence-corrected chi connectivity index (χ4v) is 3.76. The molecular formula is C26H34N2O7. The van der Waals surface area contributed by atoms with Crippen molar-refractivity contribution in [3.8, 4) is 11.5 Å². The minimum atomic E-state index is -1.33. The van der Waals surface area contributed by atoms with Crippen LogP contribution in [0.5, 0.6) is 11.5 Å². The van der Waals surface area contributed by atoms with E-state index in [-0.39, 0.29) is 35.8 Å². The van der Waals surface area contributed by atoms with Gasteiger partial charge in [0, 0.05) is 25.1 Å². The standard InChI is InChI=1S/C26H34N2O7/c1-17(2)22(20-10-8-7-9-11-20)18(3)33-15-26(5,14-29)28-25(31)23-24(35-16-34-19(4)30)21(32-6)12-13-27-23/h7-14,17-18,22H,15-16H2,1-6H3,(H,28,31)/t18-,22-,26+/m0/s1. The highest BCUT2D eigenvalue weighted by molar-refractivity contribution is 5.97. The molecule has 1 aromatic carbocycles. The molecule has 1 amide bonds. The Morgan fingerprint density at radius 3 is 2.40 bits per heavy atom. The highest BCUT2D eigenvalue weighted by Crippen LogP contribution is 2.31. The number of nitrogens with zero attached hydrogens (tertiary/aromatic N) is 1. The summed E-state index contributed by atoms with van der Waals surface area (Å²) in [7, 11) is 1.40. The first-order chi connectivity index (χ1) is 16.6. The van der Waals surface area contributed by atoms with Crippen LogP contribution in [0, 0.1) is 5.92 Å². The fraction of sp³-hybridized carbons (Fsp3) is 0.462. The molecule has 0 unspecified atom stereocenters. The fourth-order valence-electron chi connectivity index (χ4n) is 3.76. The number of ether oxygens (including phenoxy) is 4. The Bertz CT molecular complexity index is 996. The van der Waals surface area contributed by atoms with Gasteiger partial charge in [0.1, 0.15) is 11.8 Å². The van der Waals surface area contributed by atoms with E-state index in [1.54, 1.807) is 6.92 Å². The third-order valence-electron chi connectivity index (χ3n) is 5.48. The maximum Gasteiger partial charge on any atom is 0.305 e. The smallest absolute Gasteiger partial charge is 0.305 e. The van der Waals surface area contributed by atoms with Crippen LogP contribution in [0.2, 0.25) is 0 Å². The SMILES string of the molecule is COc1ccnc(C(=O)N[C@](C)(C=O)CO[C@@H](C)[C@@H](c2ccccc2)C(C)C)c1OCOC(C)=O. The van der Waals surface area contributed by atoms with Gasteiger partial charge in [-0.1, -0.05) is 44.2 Å². The van der Waals surface area contributed by atoms with Gasteiger partial charge in [-0.3, -0.25) is 9.59 Å². The lowest BCUT2D eigenvalue weighted by molar-refractivity contribution is -0.147. The number of carbonyl (C=O) groups is 3. The minimum Gasteiger partial charge on any atom is -0.493 e. The van der Waals surface area contributed by atoms with Crippen LogP contribution in [-0.2, 0) is 19.1 Å². The number of hydrogen-bond donors (Lipinski definition) is 1. The molecular weight excluding hydrogens is 452 g/mol. The lowest BCUT2D eigenvalue weighted by Gasteiger charge is -2.32. The number of aromatic nitrogens is 1. The summed E-state index contributed by atoms with van der Waals surface area (Å²) in [5.41, 5.74) is -0.314. The molecule has 190 valence electrons. The normalized spacial score (nSPS) is 14.4. The minimum absolute atomic E-state index is 0.0137. The first kappa shape index (κ1) is 27.8. The molecule has 9 nitrogen and oxygen atoms in total.